The molecule has 1 aromatic rings. The standard InChI is InChI=1S/C11H18F2N4O/c1-7(2)11-16-9(14)5-10(17-11)15-3-4-18-6-8(12)13/h5,7-8H,3-4,6H2,1-2H3,(H3,14,15,16,17). The van der Waals surface area contributed by atoms with E-state index in [1.165, 1.54) is 0 Å². The van der Waals surface area contributed by atoms with Gasteiger partial charge in [0.2, 0.25) is 0 Å². The van der Waals surface area contributed by atoms with Gasteiger partial charge in [0.05, 0.1) is 6.61 Å². The van der Waals surface area contributed by atoms with Crippen molar-refractivity contribution < 1.29 is 13.5 Å². The highest BCUT2D eigenvalue weighted by Crippen LogP contribution is 2.14. The molecule has 0 atom stereocenters. The molecule has 1 heterocycles. The Bertz CT molecular complexity index is 374. The van der Waals surface area contributed by atoms with Crippen LogP contribution in [0, 0.1) is 0 Å². The average molecular weight is 260 g/mol. The third-order valence-corrected chi connectivity index (χ3v) is 2.08. The summed E-state index contributed by atoms with van der Waals surface area (Å²) in [7, 11) is 0. The molecule has 1 rings (SSSR count). The number of nitrogen functional groups attached to an aromatic ring is 1. The highest BCUT2D eigenvalue weighted by atomic mass is 19.3. The van der Waals surface area contributed by atoms with E-state index in [1.807, 2.05) is 13.8 Å². The molecule has 0 aliphatic rings. The Hall–Kier alpha value is -1.50. The monoisotopic (exact) mass is 260 g/mol. The lowest BCUT2D eigenvalue weighted by Crippen LogP contribution is -2.14. The molecule has 0 radical (unpaired) electrons. The summed E-state index contributed by atoms with van der Waals surface area (Å²) in [5, 5.41) is 2.95. The Kier molecular flexibility index (Phi) is 5.70. The highest BCUT2D eigenvalue weighted by molar-refractivity contribution is 5.44. The Labute approximate surface area is 105 Å². The fraction of sp³-hybridized carbons (Fsp3) is 0.636. The number of aromatic nitrogens is 2. The van der Waals surface area contributed by atoms with E-state index in [0.29, 0.717) is 24.0 Å². The topological polar surface area (TPSA) is 73.1 Å². The van der Waals surface area contributed by atoms with Crippen LogP contribution in [0.4, 0.5) is 20.4 Å². The first-order chi connectivity index (χ1) is 8.49. The Morgan fingerprint density at radius 3 is 2.72 bits per heavy atom. The van der Waals surface area contributed by atoms with Gasteiger partial charge in [-0.15, -0.1) is 0 Å². The van der Waals surface area contributed by atoms with Crippen molar-refractivity contribution in [2.75, 3.05) is 30.8 Å². The van der Waals surface area contributed by atoms with E-state index < -0.39 is 13.0 Å². The van der Waals surface area contributed by atoms with Gasteiger partial charge in [-0.3, -0.25) is 0 Å². The van der Waals surface area contributed by atoms with E-state index >= 15 is 0 Å². The lowest BCUT2D eigenvalue weighted by molar-refractivity contribution is 0.0215. The van der Waals surface area contributed by atoms with Gasteiger partial charge in [0.15, 0.2) is 0 Å². The molecule has 0 aromatic carbocycles. The predicted molar refractivity (Wildman–Crippen MR) is 65.8 cm³/mol. The summed E-state index contributed by atoms with van der Waals surface area (Å²) >= 11 is 0. The zero-order valence-electron chi connectivity index (χ0n) is 10.5. The summed E-state index contributed by atoms with van der Waals surface area (Å²) in [6.45, 7) is 3.95. The van der Waals surface area contributed by atoms with E-state index in [4.69, 9.17) is 10.5 Å². The predicted octanol–water partition coefficient (Wildman–Crippen LogP) is 1.88. The van der Waals surface area contributed by atoms with Crippen molar-refractivity contribution in [2.24, 2.45) is 0 Å². The average Bonchev–Trinajstić information content (AvgIpc) is 2.27. The van der Waals surface area contributed by atoms with Crippen LogP contribution in [-0.4, -0.2) is 36.2 Å². The first-order valence-corrected chi connectivity index (χ1v) is 5.73. The molecule has 1 aromatic heterocycles. The molecule has 3 N–H and O–H groups in total. The van der Waals surface area contributed by atoms with Gasteiger partial charge in [-0.05, 0) is 0 Å². The third kappa shape index (κ3) is 5.22. The molecule has 18 heavy (non-hydrogen) atoms. The van der Waals surface area contributed by atoms with Crippen LogP contribution in [0.5, 0.6) is 0 Å². The van der Waals surface area contributed by atoms with Gasteiger partial charge < -0.3 is 15.8 Å². The van der Waals surface area contributed by atoms with Crippen molar-refractivity contribution in [1.29, 1.82) is 0 Å². The molecular weight excluding hydrogens is 242 g/mol. The van der Waals surface area contributed by atoms with Crippen LogP contribution in [0.15, 0.2) is 6.07 Å². The number of nitrogens with zero attached hydrogens (tertiary/aromatic N) is 2. The van der Waals surface area contributed by atoms with Gasteiger partial charge in [-0.1, -0.05) is 13.8 Å². The largest absolute Gasteiger partial charge is 0.384 e. The first-order valence-electron chi connectivity index (χ1n) is 5.73. The Morgan fingerprint density at radius 1 is 1.39 bits per heavy atom. The van der Waals surface area contributed by atoms with Crippen molar-refractivity contribution in [3.63, 3.8) is 0 Å². The number of nitrogens with two attached hydrogens (primary N) is 1. The quantitative estimate of drug-likeness (QED) is 0.732. The van der Waals surface area contributed by atoms with Crippen LogP contribution < -0.4 is 11.1 Å². The second-order valence-corrected chi connectivity index (χ2v) is 4.08. The minimum Gasteiger partial charge on any atom is -0.384 e. The minimum atomic E-state index is -2.44. The first kappa shape index (κ1) is 14.6. The van der Waals surface area contributed by atoms with Crippen molar-refractivity contribution in [1.82, 2.24) is 9.97 Å². The van der Waals surface area contributed by atoms with E-state index in [0.717, 1.165) is 0 Å². The molecule has 0 amide bonds. The van der Waals surface area contributed by atoms with Crippen LogP contribution >= 0.6 is 0 Å². The number of hydrogen-bond acceptors (Lipinski definition) is 5. The summed E-state index contributed by atoms with van der Waals surface area (Å²) in [6, 6.07) is 1.60. The van der Waals surface area contributed by atoms with Crippen LogP contribution in [0.3, 0.4) is 0 Å². The normalized spacial score (nSPS) is 11.2. The summed E-state index contributed by atoms with van der Waals surface area (Å²) in [5.41, 5.74) is 5.65. The zero-order chi connectivity index (χ0) is 13.5. The second-order valence-electron chi connectivity index (χ2n) is 4.08. The van der Waals surface area contributed by atoms with E-state index in [1.54, 1.807) is 6.07 Å². The molecule has 7 heteroatoms. The molecule has 0 spiro atoms. The van der Waals surface area contributed by atoms with E-state index in [2.05, 4.69) is 15.3 Å². The number of anilines is 2. The molecule has 102 valence electrons. The lowest BCUT2D eigenvalue weighted by Gasteiger charge is -2.10. The molecule has 0 unspecified atom stereocenters. The fourth-order valence-electron chi connectivity index (χ4n) is 1.26. The van der Waals surface area contributed by atoms with Gasteiger partial charge in [0.25, 0.3) is 6.43 Å². The van der Waals surface area contributed by atoms with Gasteiger partial charge in [-0.25, -0.2) is 18.7 Å². The van der Waals surface area contributed by atoms with Crippen LogP contribution in [-0.2, 0) is 4.74 Å². The van der Waals surface area contributed by atoms with Gasteiger partial charge in [-0.2, -0.15) is 0 Å². The summed E-state index contributed by atoms with van der Waals surface area (Å²) in [6.07, 6.45) is -2.44. The third-order valence-electron chi connectivity index (χ3n) is 2.08. The van der Waals surface area contributed by atoms with Crippen LogP contribution in [0.1, 0.15) is 25.6 Å². The fourth-order valence-corrected chi connectivity index (χ4v) is 1.26. The number of hydrogen-bond donors (Lipinski definition) is 2. The number of nitrogens with one attached hydrogen (secondary N) is 1. The molecule has 0 saturated heterocycles. The minimum absolute atomic E-state index is 0.170. The van der Waals surface area contributed by atoms with Gasteiger partial charge in [0, 0.05) is 18.5 Å². The van der Waals surface area contributed by atoms with Gasteiger partial charge in [0.1, 0.15) is 24.1 Å². The molecular formula is C11H18F2N4O. The van der Waals surface area contributed by atoms with Crippen molar-refractivity contribution in [2.45, 2.75) is 26.2 Å². The lowest BCUT2D eigenvalue weighted by atomic mass is 10.2. The van der Waals surface area contributed by atoms with E-state index in [9.17, 15) is 8.78 Å². The number of rotatable bonds is 7. The SMILES string of the molecule is CC(C)c1nc(N)cc(NCCOCC(F)F)n1. The van der Waals surface area contributed by atoms with Crippen molar-refractivity contribution in [3.8, 4) is 0 Å². The summed E-state index contributed by atoms with van der Waals surface area (Å²) < 4.78 is 28.3. The van der Waals surface area contributed by atoms with E-state index in [-0.39, 0.29) is 12.5 Å². The summed E-state index contributed by atoms with van der Waals surface area (Å²) in [4.78, 5) is 8.36. The highest BCUT2D eigenvalue weighted by Gasteiger charge is 2.06. The Balaban J connectivity index is 2.42. The molecule has 0 bridgehead atoms. The maximum absolute atomic E-state index is 11.8. The maximum Gasteiger partial charge on any atom is 0.261 e. The van der Waals surface area contributed by atoms with Crippen LogP contribution in [0.2, 0.25) is 0 Å². The van der Waals surface area contributed by atoms with Crippen LogP contribution in [0.25, 0.3) is 0 Å². The van der Waals surface area contributed by atoms with Gasteiger partial charge >= 0.3 is 0 Å². The number of halogens is 2. The summed E-state index contributed by atoms with van der Waals surface area (Å²) in [5.74, 6) is 1.77. The smallest absolute Gasteiger partial charge is 0.261 e. The van der Waals surface area contributed by atoms with Crippen molar-refractivity contribution in [3.05, 3.63) is 11.9 Å². The number of alkyl halides is 2. The Morgan fingerprint density at radius 2 is 2.11 bits per heavy atom. The molecule has 0 saturated carbocycles. The maximum atomic E-state index is 11.8. The molecule has 0 aliphatic carbocycles. The molecule has 5 nitrogen and oxygen atoms in total. The number of ether oxygens (including phenoxy) is 1. The second kappa shape index (κ2) is 7.05. The molecule has 0 aliphatic heterocycles. The zero-order valence-corrected chi connectivity index (χ0v) is 10.5. The molecule has 0 fully saturated rings. The van der Waals surface area contributed by atoms with Crippen molar-refractivity contribution >= 4 is 11.6 Å².